The van der Waals surface area contributed by atoms with Gasteiger partial charge in [0, 0.05) is 18.2 Å². The smallest absolute Gasteiger partial charge is 0.232 e. The van der Waals surface area contributed by atoms with Crippen LogP contribution in [0.1, 0.15) is 24.1 Å². The molecule has 0 saturated heterocycles. The lowest BCUT2D eigenvalue weighted by Gasteiger charge is -2.13. The molecule has 2 aromatic carbocycles. The van der Waals surface area contributed by atoms with Crippen LogP contribution in [0.5, 0.6) is 17.2 Å². The van der Waals surface area contributed by atoms with E-state index in [1.54, 1.807) is 7.11 Å². The highest BCUT2D eigenvalue weighted by molar-refractivity contribution is 5.91. The summed E-state index contributed by atoms with van der Waals surface area (Å²) in [5, 5.41) is 7.26. The average Bonchev–Trinajstić information content (AvgIpc) is 3.21. The van der Waals surface area contributed by atoms with E-state index >= 15 is 0 Å². The SMILES string of the molecule is COc1ccccc1CCNC(=O)C1(c2cc(-c3ccc4c(c3)OCO4)on2)CC1. The van der Waals surface area contributed by atoms with Crippen LogP contribution in [0, 0.1) is 0 Å². The van der Waals surface area contributed by atoms with Crippen molar-refractivity contribution in [2.75, 3.05) is 20.4 Å². The van der Waals surface area contributed by atoms with E-state index in [4.69, 9.17) is 18.7 Å². The Labute approximate surface area is 173 Å². The predicted molar refractivity (Wildman–Crippen MR) is 109 cm³/mol. The second-order valence-corrected chi connectivity index (χ2v) is 7.54. The molecule has 5 rings (SSSR count). The summed E-state index contributed by atoms with van der Waals surface area (Å²) in [5.41, 5.74) is 1.98. The lowest BCUT2D eigenvalue weighted by atomic mass is 10.00. The van der Waals surface area contributed by atoms with Gasteiger partial charge in [0.2, 0.25) is 12.7 Å². The summed E-state index contributed by atoms with van der Waals surface area (Å²) in [7, 11) is 1.65. The average molecular weight is 406 g/mol. The Morgan fingerprint density at radius 1 is 1.13 bits per heavy atom. The van der Waals surface area contributed by atoms with Gasteiger partial charge >= 0.3 is 0 Å². The summed E-state index contributed by atoms with van der Waals surface area (Å²) >= 11 is 0. The van der Waals surface area contributed by atoms with Crippen molar-refractivity contribution in [3.05, 3.63) is 59.8 Å². The number of nitrogens with zero attached hydrogens (tertiary/aromatic N) is 1. The number of carbonyl (C=O) groups excluding carboxylic acids is 1. The maximum Gasteiger partial charge on any atom is 0.232 e. The van der Waals surface area contributed by atoms with E-state index in [0.717, 1.165) is 29.7 Å². The van der Waals surface area contributed by atoms with Crippen molar-refractivity contribution in [3.8, 4) is 28.6 Å². The molecule has 1 N–H and O–H groups in total. The fourth-order valence-electron chi connectivity index (χ4n) is 3.80. The van der Waals surface area contributed by atoms with Gasteiger partial charge in [-0.15, -0.1) is 0 Å². The third-order valence-corrected chi connectivity index (χ3v) is 5.71. The van der Waals surface area contributed by atoms with Crippen molar-refractivity contribution in [1.29, 1.82) is 0 Å². The van der Waals surface area contributed by atoms with Gasteiger partial charge in [0.1, 0.15) is 5.75 Å². The van der Waals surface area contributed by atoms with Crippen molar-refractivity contribution in [1.82, 2.24) is 10.5 Å². The largest absolute Gasteiger partial charge is 0.496 e. The molecule has 1 fully saturated rings. The molecule has 1 amide bonds. The Balaban J connectivity index is 1.26. The van der Waals surface area contributed by atoms with Crippen molar-refractivity contribution in [2.45, 2.75) is 24.7 Å². The Morgan fingerprint density at radius 3 is 2.80 bits per heavy atom. The number of fused-ring (bicyclic) bond motifs is 1. The van der Waals surface area contributed by atoms with Gasteiger partial charge < -0.3 is 24.1 Å². The van der Waals surface area contributed by atoms with E-state index in [1.165, 1.54) is 0 Å². The molecule has 1 aliphatic carbocycles. The van der Waals surface area contributed by atoms with Crippen molar-refractivity contribution >= 4 is 5.91 Å². The molecule has 3 aromatic rings. The molecule has 1 saturated carbocycles. The zero-order valence-electron chi connectivity index (χ0n) is 16.6. The summed E-state index contributed by atoms with van der Waals surface area (Å²) in [5.74, 6) is 2.82. The number of benzene rings is 2. The molecule has 1 aromatic heterocycles. The molecular formula is C23H22N2O5. The molecule has 2 heterocycles. The van der Waals surface area contributed by atoms with Crippen LogP contribution in [0.3, 0.4) is 0 Å². The number of carbonyl (C=O) groups is 1. The Morgan fingerprint density at radius 2 is 1.97 bits per heavy atom. The maximum atomic E-state index is 12.9. The number of hydrogen-bond donors (Lipinski definition) is 1. The summed E-state index contributed by atoms with van der Waals surface area (Å²) in [4.78, 5) is 12.9. The van der Waals surface area contributed by atoms with Gasteiger partial charge in [-0.3, -0.25) is 4.79 Å². The predicted octanol–water partition coefficient (Wildman–Crippen LogP) is 3.47. The van der Waals surface area contributed by atoms with Gasteiger partial charge in [-0.25, -0.2) is 0 Å². The molecule has 0 spiro atoms. The van der Waals surface area contributed by atoms with Crippen LogP contribution in [0.15, 0.2) is 53.1 Å². The molecule has 7 nitrogen and oxygen atoms in total. The maximum absolute atomic E-state index is 12.9. The van der Waals surface area contributed by atoms with E-state index in [0.29, 0.717) is 35.9 Å². The number of aromatic nitrogens is 1. The zero-order chi connectivity index (χ0) is 20.6. The Bertz CT molecular complexity index is 1090. The van der Waals surface area contributed by atoms with Crippen LogP contribution >= 0.6 is 0 Å². The lowest BCUT2D eigenvalue weighted by Crippen LogP contribution is -2.36. The highest BCUT2D eigenvalue weighted by Crippen LogP contribution is 2.49. The van der Waals surface area contributed by atoms with Crippen LogP contribution in [0.2, 0.25) is 0 Å². The van der Waals surface area contributed by atoms with Crippen molar-refractivity contribution < 1.29 is 23.5 Å². The van der Waals surface area contributed by atoms with Crippen LogP contribution in [0.4, 0.5) is 0 Å². The first kappa shape index (κ1) is 18.5. The molecule has 0 radical (unpaired) electrons. The van der Waals surface area contributed by atoms with E-state index < -0.39 is 5.41 Å². The molecule has 0 bridgehead atoms. The monoisotopic (exact) mass is 406 g/mol. The topological polar surface area (TPSA) is 82.8 Å². The molecule has 0 atom stereocenters. The van der Waals surface area contributed by atoms with Gasteiger partial charge in [-0.1, -0.05) is 23.4 Å². The molecule has 30 heavy (non-hydrogen) atoms. The van der Waals surface area contributed by atoms with Crippen molar-refractivity contribution in [3.63, 3.8) is 0 Å². The summed E-state index contributed by atoms with van der Waals surface area (Å²) in [6, 6.07) is 15.3. The minimum atomic E-state index is -0.598. The summed E-state index contributed by atoms with van der Waals surface area (Å²) < 4.78 is 21.7. The van der Waals surface area contributed by atoms with Gasteiger partial charge in [0.15, 0.2) is 17.3 Å². The first-order chi connectivity index (χ1) is 14.7. The van der Waals surface area contributed by atoms with E-state index in [-0.39, 0.29) is 12.7 Å². The number of nitrogens with one attached hydrogen (secondary N) is 1. The lowest BCUT2D eigenvalue weighted by molar-refractivity contribution is -0.123. The summed E-state index contributed by atoms with van der Waals surface area (Å²) in [6.07, 6.45) is 2.23. The summed E-state index contributed by atoms with van der Waals surface area (Å²) in [6.45, 7) is 0.756. The second-order valence-electron chi connectivity index (χ2n) is 7.54. The molecule has 1 aliphatic heterocycles. The van der Waals surface area contributed by atoms with Gasteiger partial charge in [0.05, 0.1) is 18.2 Å². The third-order valence-electron chi connectivity index (χ3n) is 5.71. The fourth-order valence-corrected chi connectivity index (χ4v) is 3.80. The van der Waals surface area contributed by atoms with Crippen LogP contribution in [-0.4, -0.2) is 31.5 Å². The van der Waals surface area contributed by atoms with Crippen LogP contribution in [-0.2, 0) is 16.6 Å². The highest BCUT2D eigenvalue weighted by Gasteiger charge is 2.53. The van der Waals surface area contributed by atoms with Crippen LogP contribution in [0.25, 0.3) is 11.3 Å². The van der Waals surface area contributed by atoms with E-state index in [9.17, 15) is 4.79 Å². The number of rotatable bonds is 7. The molecule has 0 unspecified atom stereocenters. The fraction of sp³-hybridized carbons (Fsp3) is 0.304. The first-order valence-electron chi connectivity index (χ1n) is 9.97. The molecular weight excluding hydrogens is 384 g/mol. The molecule has 2 aliphatic rings. The molecule has 154 valence electrons. The quantitative estimate of drug-likeness (QED) is 0.647. The standard InChI is InChI=1S/C23H22N2O5/c1-27-17-5-3-2-4-15(17)8-11-24-22(26)23(9-10-23)21-13-19(30-25-21)16-6-7-18-20(12-16)29-14-28-18/h2-7,12-13H,8-11,14H2,1H3,(H,24,26). The second kappa shape index (κ2) is 7.40. The van der Waals surface area contributed by atoms with Gasteiger partial charge in [-0.2, -0.15) is 0 Å². The third kappa shape index (κ3) is 3.26. The Kier molecular flexibility index (Phi) is 4.58. The minimum absolute atomic E-state index is 0.0112. The number of methoxy groups -OCH3 is 1. The highest BCUT2D eigenvalue weighted by atomic mass is 16.7. The number of hydrogen-bond acceptors (Lipinski definition) is 6. The van der Waals surface area contributed by atoms with Gasteiger partial charge in [0.25, 0.3) is 0 Å². The number of ether oxygens (including phenoxy) is 3. The van der Waals surface area contributed by atoms with E-state index in [2.05, 4.69) is 10.5 Å². The number of amides is 1. The zero-order valence-corrected chi connectivity index (χ0v) is 16.6. The normalized spacial score (nSPS) is 15.6. The minimum Gasteiger partial charge on any atom is -0.496 e. The van der Waals surface area contributed by atoms with Gasteiger partial charge in [-0.05, 0) is 49.1 Å². The Hall–Kier alpha value is -3.48. The van der Waals surface area contributed by atoms with E-state index in [1.807, 2.05) is 48.5 Å². The first-order valence-corrected chi connectivity index (χ1v) is 9.97. The number of para-hydroxylation sites is 1. The van der Waals surface area contributed by atoms with Crippen molar-refractivity contribution in [2.24, 2.45) is 0 Å². The van der Waals surface area contributed by atoms with Crippen LogP contribution < -0.4 is 19.5 Å². The molecule has 7 heteroatoms.